The van der Waals surface area contributed by atoms with E-state index in [0.717, 1.165) is 0 Å². The molecule has 8 heteroatoms. The van der Waals surface area contributed by atoms with Crippen LogP contribution in [0.2, 0.25) is 0 Å². The van der Waals surface area contributed by atoms with Gasteiger partial charge in [0, 0.05) is 0 Å². The Morgan fingerprint density at radius 1 is 0.656 bits per heavy atom. The number of hydrogen-bond acceptors (Lipinski definition) is 7. The molecule has 0 saturated heterocycles. The third kappa shape index (κ3) is 5.17. The van der Waals surface area contributed by atoms with Gasteiger partial charge < -0.3 is 19.3 Å². The summed E-state index contributed by atoms with van der Waals surface area (Å²) in [6.45, 7) is 1.67. The molecule has 3 rings (SSSR count). The number of ether oxygens (including phenoxy) is 3. The van der Waals surface area contributed by atoms with Crippen LogP contribution in [0, 0.1) is 6.92 Å². The first-order valence-electron chi connectivity index (χ1n) is 9.35. The maximum absolute atomic E-state index is 12.4. The second-order valence-electron chi connectivity index (χ2n) is 6.66. The third-order valence-corrected chi connectivity index (χ3v) is 4.47. The molecule has 0 aliphatic carbocycles. The molecule has 0 aromatic heterocycles. The van der Waals surface area contributed by atoms with Gasteiger partial charge in [-0.1, -0.05) is 0 Å². The molecular weight excluding hydrogens is 416 g/mol. The fourth-order valence-corrected chi connectivity index (χ4v) is 2.74. The lowest BCUT2D eigenvalue weighted by Gasteiger charge is -2.10. The molecule has 0 atom stereocenters. The van der Waals surface area contributed by atoms with Crippen LogP contribution in [0.25, 0.3) is 0 Å². The van der Waals surface area contributed by atoms with Gasteiger partial charge in [-0.3, -0.25) is 0 Å². The molecular formula is C24H18O8. The molecule has 0 saturated carbocycles. The fourth-order valence-electron chi connectivity index (χ4n) is 2.74. The van der Waals surface area contributed by atoms with Crippen molar-refractivity contribution in [3.8, 4) is 11.5 Å². The van der Waals surface area contributed by atoms with Gasteiger partial charge in [0.25, 0.3) is 0 Å². The molecule has 3 aromatic rings. The maximum Gasteiger partial charge on any atom is 0.343 e. The van der Waals surface area contributed by atoms with E-state index in [1.54, 1.807) is 6.92 Å². The van der Waals surface area contributed by atoms with Gasteiger partial charge in [-0.25, -0.2) is 19.2 Å². The molecule has 162 valence electrons. The quantitative estimate of drug-likeness (QED) is 0.458. The Hall–Kier alpha value is -4.46. The number of carbonyl (C=O) groups excluding carboxylic acids is 3. The molecule has 0 radical (unpaired) electrons. The number of carboxylic acids is 1. The topological polar surface area (TPSA) is 116 Å². The van der Waals surface area contributed by atoms with Crippen LogP contribution in [-0.4, -0.2) is 36.1 Å². The van der Waals surface area contributed by atoms with E-state index < -0.39 is 23.9 Å². The van der Waals surface area contributed by atoms with Gasteiger partial charge in [-0.15, -0.1) is 0 Å². The van der Waals surface area contributed by atoms with Gasteiger partial charge in [0.1, 0.15) is 11.5 Å². The summed E-state index contributed by atoms with van der Waals surface area (Å²) in [5, 5.41) is 8.91. The molecule has 1 N–H and O–H groups in total. The summed E-state index contributed by atoms with van der Waals surface area (Å²) in [5.74, 6) is -2.41. The van der Waals surface area contributed by atoms with Crippen molar-refractivity contribution in [1.82, 2.24) is 0 Å². The molecule has 0 unspecified atom stereocenters. The van der Waals surface area contributed by atoms with Crippen molar-refractivity contribution in [2.24, 2.45) is 0 Å². The number of benzene rings is 3. The molecule has 3 aromatic carbocycles. The van der Waals surface area contributed by atoms with E-state index in [9.17, 15) is 19.2 Å². The highest BCUT2D eigenvalue weighted by Crippen LogP contribution is 2.22. The standard InChI is InChI=1S/C24H18O8/c1-14-13-18(24(29)31-19-10-7-15(8-11-19)21(25)26)9-12-20(14)32-23(28)17-5-3-16(4-6-17)22(27)30-2/h3-13H,1-2H3,(H,25,26). The van der Waals surface area contributed by atoms with Crippen LogP contribution in [0.15, 0.2) is 66.7 Å². The van der Waals surface area contributed by atoms with Crippen LogP contribution in [0.1, 0.15) is 47.0 Å². The van der Waals surface area contributed by atoms with Gasteiger partial charge in [-0.05, 0) is 79.2 Å². The van der Waals surface area contributed by atoms with Crippen LogP contribution in [0.5, 0.6) is 11.5 Å². The molecule has 0 fully saturated rings. The summed E-state index contributed by atoms with van der Waals surface area (Å²) in [5.41, 5.74) is 1.38. The number of carbonyl (C=O) groups is 4. The highest BCUT2D eigenvalue weighted by Gasteiger charge is 2.15. The summed E-state index contributed by atoms with van der Waals surface area (Å²) < 4.78 is 15.2. The lowest BCUT2D eigenvalue weighted by atomic mass is 10.1. The highest BCUT2D eigenvalue weighted by molar-refractivity contribution is 5.95. The second kappa shape index (κ2) is 9.57. The van der Waals surface area contributed by atoms with Gasteiger partial charge in [-0.2, -0.15) is 0 Å². The Morgan fingerprint density at radius 3 is 1.69 bits per heavy atom. The molecule has 8 nitrogen and oxygen atoms in total. The highest BCUT2D eigenvalue weighted by atomic mass is 16.5. The van der Waals surface area contributed by atoms with Gasteiger partial charge in [0.15, 0.2) is 0 Å². The number of hydrogen-bond donors (Lipinski definition) is 1. The number of carboxylic acid groups (broad SMARTS) is 1. The third-order valence-electron chi connectivity index (χ3n) is 4.47. The Labute approximate surface area is 183 Å². The van der Waals surface area contributed by atoms with E-state index >= 15 is 0 Å². The number of esters is 3. The first-order chi connectivity index (χ1) is 15.3. The normalized spacial score (nSPS) is 10.2. The summed E-state index contributed by atoms with van der Waals surface area (Å²) in [6.07, 6.45) is 0. The molecule has 32 heavy (non-hydrogen) atoms. The second-order valence-corrected chi connectivity index (χ2v) is 6.66. The van der Waals surface area contributed by atoms with Crippen LogP contribution in [0.3, 0.4) is 0 Å². The molecule has 0 amide bonds. The van der Waals surface area contributed by atoms with E-state index in [4.69, 9.17) is 14.6 Å². The lowest BCUT2D eigenvalue weighted by Crippen LogP contribution is -2.12. The molecule has 0 aliphatic heterocycles. The minimum Gasteiger partial charge on any atom is -0.478 e. The Morgan fingerprint density at radius 2 is 1.16 bits per heavy atom. The SMILES string of the molecule is COC(=O)c1ccc(C(=O)Oc2ccc(C(=O)Oc3ccc(C(=O)O)cc3)cc2C)cc1. The van der Waals surface area contributed by atoms with Crippen molar-refractivity contribution in [3.63, 3.8) is 0 Å². The van der Waals surface area contributed by atoms with Crippen molar-refractivity contribution >= 4 is 23.9 Å². The van der Waals surface area contributed by atoms with E-state index in [1.165, 1.54) is 73.8 Å². The van der Waals surface area contributed by atoms with Crippen molar-refractivity contribution < 1.29 is 38.5 Å². The molecule has 0 spiro atoms. The number of aromatic carboxylic acids is 1. The summed E-state index contributed by atoms with van der Waals surface area (Å²) in [4.78, 5) is 47.1. The van der Waals surface area contributed by atoms with Crippen molar-refractivity contribution in [3.05, 3.63) is 94.5 Å². The molecule has 0 bridgehead atoms. The van der Waals surface area contributed by atoms with E-state index in [1.807, 2.05) is 0 Å². The Bertz CT molecular complexity index is 1180. The van der Waals surface area contributed by atoms with E-state index in [0.29, 0.717) is 11.1 Å². The average Bonchev–Trinajstić information content (AvgIpc) is 2.80. The fraction of sp³-hybridized carbons (Fsp3) is 0.0833. The Balaban J connectivity index is 1.67. The predicted molar refractivity (Wildman–Crippen MR) is 112 cm³/mol. The largest absolute Gasteiger partial charge is 0.478 e. The maximum atomic E-state index is 12.4. The molecule has 0 heterocycles. The first-order valence-corrected chi connectivity index (χ1v) is 9.35. The number of methoxy groups -OCH3 is 1. The number of aryl methyl sites for hydroxylation is 1. The lowest BCUT2D eigenvalue weighted by molar-refractivity contribution is 0.0598. The van der Waals surface area contributed by atoms with Gasteiger partial charge in [0.05, 0.1) is 29.4 Å². The van der Waals surface area contributed by atoms with Gasteiger partial charge in [0.2, 0.25) is 0 Å². The van der Waals surface area contributed by atoms with Crippen LogP contribution in [-0.2, 0) is 4.74 Å². The average molecular weight is 434 g/mol. The summed E-state index contributed by atoms with van der Waals surface area (Å²) in [6, 6.07) is 15.7. The zero-order valence-corrected chi connectivity index (χ0v) is 17.2. The minimum atomic E-state index is -1.08. The molecule has 0 aliphatic rings. The Kier molecular flexibility index (Phi) is 6.65. The first kappa shape index (κ1) is 22.2. The van der Waals surface area contributed by atoms with Crippen LogP contribution < -0.4 is 9.47 Å². The smallest absolute Gasteiger partial charge is 0.343 e. The van der Waals surface area contributed by atoms with E-state index in [2.05, 4.69) is 4.74 Å². The monoisotopic (exact) mass is 434 g/mol. The van der Waals surface area contributed by atoms with Crippen molar-refractivity contribution in [1.29, 1.82) is 0 Å². The summed E-state index contributed by atoms with van der Waals surface area (Å²) in [7, 11) is 1.27. The van der Waals surface area contributed by atoms with E-state index in [-0.39, 0.29) is 28.2 Å². The van der Waals surface area contributed by atoms with Crippen LogP contribution >= 0.6 is 0 Å². The van der Waals surface area contributed by atoms with Crippen molar-refractivity contribution in [2.75, 3.05) is 7.11 Å². The summed E-state index contributed by atoms with van der Waals surface area (Å²) >= 11 is 0. The van der Waals surface area contributed by atoms with Gasteiger partial charge >= 0.3 is 23.9 Å². The zero-order valence-electron chi connectivity index (χ0n) is 17.2. The zero-order chi connectivity index (χ0) is 23.3. The van der Waals surface area contributed by atoms with Crippen LogP contribution in [0.4, 0.5) is 0 Å². The predicted octanol–water partition coefficient (Wildman–Crippen LogP) is 3.92. The number of rotatable bonds is 6. The minimum absolute atomic E-state index is 0.0757. The van der Waals surface area contributed by atoms with Crippen molar-refractivity contribution in [2.45, 2.75) is 6.92 Å².